The van der Waals surface area contributed by atoms with Gasteiger partial charge in [0.15, 0.2) is 5.78 Å². The molecule has 1 rings (SSSR count). The van der Waals surface area contributed by atoms with Crippen LogP contribution in [0.4, 0.5) is 0 Å². The summed E-state index contributed by atoms with van der Waals surface area (Å²) in [5.41, 5.74) is -1.68. The lowest BCUT2D eigenvalue weighted by atomic mass is 9.76. The standard InChI is InChI=1S/C14H24O3/c1-10(15)9-14(11(16)12(2,3)4)8-7-13(5,6)17-14/h7-9H2,1-6H3/t14-/m1/s1. The molecule has 1 fully saturated rings. The van der Waals surface area contributed by atoms with E-state index in [0.29, 0.717) is 6.42 Å². The average molecular weight is 240 g/mol. The van der Waals surface area contributed by atoms with Crippen LogP contribution in [-0.2, 0) is 14.3 Å². The molecule has 0 amide bonds. The molecule has 1 atom stereocenters. The van der Waals surface area contributed by atoms with Gasteiger partial charge in [0.2, 0.25) is 0 Å². The minimum absolute atomic E-state index is 0.0142. The molecule has 0 aromatic carbocycles. The summed E-state index contributed by atoms with van der Waals surface area (Å²) in [7, 11) is 0. The van der Waals surface area contributed by atoms with E-state index in [2.05, 4.69) is 0 Å². The molecule has 1 saturated heterocycles. The average Bonchev–Trinajstić information content (AvgIpc) is 2.39. The minimum Gasteiger partial charge on any atom is -0.361 e. The Kier molecular flexibility index (Phi) is 3.55. The normalized spacial score (nSPS) is 28.1. The van der Waals surface area contributed by atoms with E-state index in [1.54, 1.807) is 0 Å². The van der Waals surface area contributed by atoms with Crippen LogP contribution in [0.3, 0.4) is 0 Å². The number of rotatable bonds is 3. The van der Waals surface area contributed by atoms with Crippen molar-refractivity contribution in [3.63, 3.8) is 0 Å². The first-order chi connectivity index (χ1) is 7.49. The van der Waals surface area contributed by atoms with Gasteiger partial charge >= 0.3 is 0 Å². The molecule has 0 spiro atoms. The largest absolute Gasteiger partial charge is 0.361 e. The highest BCUT2D eigenvalue weighted by Gasteiger charge is 2.52. The van der Waals surface area contributed by atoms with Crippen molar-refractivity contribution in [1.29, 1.82) is 0 Å². The van der Waals surface area contributed by atoms with Crippen molar-refractivity contribution in [2.45, 2.75) is 72.0 Å². The Bertz CT molecular complexity index is 336. The second-order valence-corrected chi connectivity index (χ2v) is 6.81. The van der Waals surface area contributed by atoms with Crippen LogP contribution >= 0.6 is 0 Å². The van der Waals surface area contributed by atoms with Crippen LogP contribution in [-0.4, -0.2) is 22.8 Å². The number of carbonyl (C=O) groups is 2. The van der Waals surface area contributed by atoms with Crippen LogP contribution in [0.5, 0.6) is 0 Å². The van der Waals surface area contributed by atoms with Gasteiger partial charge in [-0.2, -0.15) is 0 Å². The van der Waals surface area contributed by atoms with Gasteiger partial charge in [-0.3, -0.25) is 9.59 Å². The van der Waals surface area contributed by atoms with Crippen molar-refractivity contribution in [2.75, 3.05) is 0 Å². The van der Waals surface area contributed by atoms with E-state index in [4.69, 9.17) is 4.74 Å². The number of ether oxygens (including phenoxy) is 1. The van der Waals surface area contributed by atoms with E-state index in [9.17, 15) is 9.59 Å². The molecule has 3 heteroatoms. The van der Waals surface area contributed by atoms with Gasteiger partial charge in [-0.15, -0.1) is 0 Å². The van der Waals surface area contributed by atoms with Crippen LogP contribution < -0.4 is 0 Å². The maximum Gasteiger partial charge on any atom is 0.170 e. The van der Waals surface area contributed by atoms with E-state index in [1.807, 2.05) is 34.6 Å². The molecule has 0 unspecified atom stereocenters. The zero-order valence-electron chi connectivity index (χ0n) is 11.8. The van der Waals surface area contributed by atoms with Crippen LogP contribution in [0.2, 0.25) is 0 Å². The molecule has 0 saturated carbocycles. The summed E-state index contributed by atoms with van der Waals surface area (Å²) in [6.45, 7) is 11.1. The summed E-state index contributed by atoms with van der Waals surface area (Å²) in [6, 6.07) is 0. The molecule has 1 aliphatic rings. The van der Waals surface area contributed by atoms with Crippen molar-refractivity contribution in [2.24, 2.45) is 5.41 Å². The van der Waals surface area contributed by atoms with Gasteiger partial charge in [0.05, 0.1) is 5.60 Å². The molecule has 0 aromatic heterocycles. The molecule has 98 valence electrons. The van der Waals surface area contributed by atoms with Crippen molar-refractivity contribution in [3.8, 4) is 0 Å². The van der Waals surface area contributed by atoms with Crippen LogP contribution in [0.25, 0.3) is 0 Å². The Labute approximate surface area is 104 Å². The number of ketones is 2. The highest BCUT2D eigenvalue weighted by Crippen LogP contribution is 2.43. The first-order valence-electron chi connectivity index (χ1n) is 6.23. The Morgan fingerprint density at radius 1 is 1.18 bits per heavy atom. The molecule has 1 aliphatic heterocycles. The lowest BCUT2D eigenvalue weighted by molar-refractivity contribution is -0.161. The predicted octanol–water partition coefficient (Wildman–Crippen LogP) is 2.91. The monoisotopic (exact) mass is 240 g/mol. The SMILES string of the molecule is CC(=O)C[C@@]1(C(=O)C(C)(C)C)CCC(C)(C)O1. The molecule has 0 aliphatic carbocycles. The van der Waals surface area contributed by atoms with E-state index < -0.39 is 11.0 Å². The van der Waals surface area contributed by atoms with Crippen LogP contribution in [0.1, 0.15) is 60.8 Å². The molecule has 0 N–H and O–H groups in total. The quantitative estimate of drug-likeness (QED) is 0.761. The summed E-state index contributed by atoms with van der Waals surface area (Å²) >= 11 is 0. The van der Waals surface area contributed by atoms with Gasteiger partial charge in [0.1, 0.15) is 11.4 Å². The molecule has 0 aromatic rings. The Hall–Kier alpha value is -0.700. The van der Waals surface area contributed by atoms with Crippen molar-refractivity contribution in [3.05, 3.63) is 0 Å². The number of Topliss-reactive ketones (excluding diaryl/α,β-unsaturated/α-hetero) is 2. The van der Waals surface area contributed by atoms with Gasteiger partial charge in [0.25, 0.3) is 0 Å². The van der Waals surface area contributed by atoms with Gasteiger partial charge in [-0.25, -0.2) is 0 Å². The lowest BCUT2D eigenvalue weighted by Gasteiger charge is -2.34. The topological polar surface area (TPSA) is 43.4 Å². The van der Waals surface area contributed by atoms with Gasteiger partial charge in [-0.05, 0) is 33.6 Å². The van der Waals surface area contributed by atoms with Crippen molar-refractivity contribution < 1.29 is 14.3 Å². The van der Waals surface area contributed by atoms with E-state index in [1.165, 1.54) is 6.92 Å². The first kappa shape index (κ1) is 14.4. The molecular weight excluding hydrogens is 216 g/mol. The van der Waals surface area contributed by atoms with Gasteiger partial charge in [-0.1, -0.05) is 20.8 Å². The Morgan fingerprint density at radius 3 is 2.00 bits per heavy atom. The van der Waals surface area contributed by atoms with E-state index in [-0.39, 0.29) is 23.6 Å². The number of hydrogen-bond acceptors (Lipinski definition) is 3. The first-order valence-corrected chi connectivity index (χ1v) is 6.23. The third-order valence-corrected chi connectivity index (χ3v) is 3.23. The molecule has 0 bridgehead atoms. The summed E-state index contributed by atoms with van der Waals surface area (Å²) in [5, 5.41) is 0. The molecular formula is C14H24O3. The van der Waals surface area contributed by atoms with Crippen LogP contribution in [0.15, 0.2) is 0 Å². The highest BCUT2D eigenvalue weighted by molar-refractivity contribution is 5.96. The summed E-state index contributed by atoms with van der Waals surface area (Å²) in [5.74, 6) is 0.0612. The third-order valence-electron chi connectivity index (χ3n) is 3.23. The van der Waals surface area contributed by atoms with Gasteiger partial charge in [0, 0.05) is 11.8 Å². The van der Waals surface area contributed by atoms with E-state index in [0.717, 1.165) is 6.42 Å². The van der Waals surface area contributed by atoms with Gasteiger partial charge < -0.3 is 4.74 Å². The maximum atomic E-state index is 12.5. The third kappa shape index (κ3) is 3.15. The van der Waals surface area contributed by atoms with Crippen molar-refractivity contribution >= 4 is 11.6 Å². The summed E-state index contributed by atoms with van der Waals surface area (Å²) in [4.78, 5) is 23.9. The molecule has 3 nitrogen and oxygen atoms in total. The fourth-order valence-corrected chi connectivity index (χ4v) is 2.58. The zero-order chi connectivity index (χ0) is 13.5. The van der Waals surface area contributed by atoms with Crippen LogP contribution in [0, 0.1) is 5.41 Å². The lowest BCUT2D eigenvalue weighted by Crippen LogP contribution is -2.47. The smallest absolute Gasteiger partial charge is 0.170 e. The highest BCUT2D eigenvalue weighted by atomic mass is 16.5. The predicted molar refractivity (Wildman–Crippen MR) is 66.9 cm³/mol. The second-order valence-electron chi connectivity index (χ2n) is 6.81. The fourth-order valence-electron chi connectivity index (χ4n) is 2.58. The number of carbonyl (C=O) groups excluding carboxylic acids is 2. The maximum absolute atomic E-state index is 12.5. The molecule has 0 radical (unpaired) electrons. The minimum atomic E-state index is -0.895. The molecule has 17 heavy (non-hydrogen) atoms. The Morgan fingerprint density at radius 2 is 1.71 bits per heavy atom. The second kappa shape index (κ2) is 4.20. The number of hydrogen-bond donors (Lipinski definition) is 0. The summed E-state index contributed by atoms with van der Waals surface area (Å²) in [6.07, 6.45) is 1.67. The summed E-state index contributed by atoms with van der Waals surface area (Å²) < 4.78 is 5.97. The van der Waals surface area contributed by atoms with Crippen molar-refractivity contribution in [1.82, 2.24) is 0 Å². The Balaban J connectivity index is 3.05. The zero-order valence-corrected chi connectivity index (χ0v) is 11.8. The fraction of sp³-hybridized carbons (Fsp3) is 0.857. The van der Waals surface area contributed by atoms with E-state index >= 15 is 0 Å². The molecule has 1 heterocycles.